The second-order valence-corrected chi connectivity index (χ2v) is 8.29. The van der Waals surface area contributed by atoms with Crippen molar-refractivity contribution in [3.8, 4) is 11.5 Å². The van der Waals surface area contributed by atoms with Crippen LogP contribution >= 0.6 is 0 Å². The predicted octanol–water partition coefficient (Wildman–Crippen LogP) is 4.39. The molecule has 7 heteroatoms. The Morgan fingerprint density at radius 2 is 1.56 bits per heavy atom. The lowest BCUT2D eigenvalue weighted by molar-refractivity contribution is -0.138. The molecule has 3 heterocycles. The third kappa shape index (κ3) is 5.11. The molecule has 4 aromatic rings. The van der Waals surface area contributed by atoms with Crippen LogP contribution in [0.3, 0.4) is 0 Å². The van der Waals surface area contributed by atoms with Crippen molar-refractivity contribution in [1.29, 1.82) is 0 Å². The smallest absolute Gasteiger partial charge is 0.248 e. The van der Waals surface area contributed by atoms with E-state index in [0.29, 0.717) is 30.3 Å². The summed E-state index contributed by atoms with van der Waals surface area (Å²) in [5.74, 6) is 1.14. The maximum absolute atomic E-state index is 12.7. The minimum absolute atomic E-state index is 0.00891. The van der Waals surface area contributed by atoms with Crippen LogP contribution in [-0.2, 0) is 16.1 Å². The molecular weight excluding hydrogens is 430 g/mol. The van der Waals surface area contributed by atoms with Gasteiger partial charge in [-0.3, -0.25) is 9.69 Å². The molecule has 5 rings (SSSR count). The maximum atomic E-state index is 12.7. The molecule has 174 valence electrons. The number of amides is 1. The highest BCUT2D eigenvalue weighted by Crippen LogP contribution is 2.29. The third-order valence-electron chi connectivity index (χ3n) is 6.06. The van der Waals surface area contributed by atoms with Gasteiger partial charge in [0.05, 0.1) is 18.9 Å². The Morgan fingerprint density at radius 1 is 0.882 bits per heavy atom. The summed E-state index contributed by atoms with van der Waals surface area (Å²) < 4.78 is 16.2. The van der Waals surface area contributed by atoms with Gasteiger partial charge < -0.3 is 18.6 Å². The summed E-state index contributed by atoms with van der Waals surface area (Å²) in [6.45, 7) is 3.17. The van der Waals surface area contributed by atoms with Crippen molar-refractivity contribution in [2.45, 2.75) is 12.6 Å². The molecule has 1 aliphatic rings. The van der Waals surface area contributed by atoms with E-state index in [1.807, 2.05) is 17.0 Å². The predicted molar refractivity (Wildman–Crippen MR) is 127 cm³/mol. The molecular formula is C27H27N3O4. The van der Waals surface area contributed by atoms with E-state index in [4.69, 9.17) is 13.7 Å². The number of hydrogen-bond acceptors (Lipinski definition) is 6. The monoisotopic (exact) mass is 457 g/mol. The van der Waals surface area contributed by atoms with Gasteiger partial charge in [0.2, 0.25) is 11.7 Å². The molecule has 0 saturated carbocycles. The first-order chi connectivity index (χ1) is 16.8. The van der Waals surface area contributed by atoms with Crippen LogP contribution in [0.25, 0.3) is 11.5 Å². The number of rotatable bonds is 8. The normalized spacial score (nSPS) is 14.6. The summed E-state index contributed by atoms with van der Waals surface area (Å²) in [5.41, 5.74) is 3.15. The van der Waals surface area contributed by atoms with Crippen molar-refractivity contribution in [2.24, 2.45) is 0 Å². The molecule has 34 heavy (non-hydrogen) atoms. The number of ether oxygens (including phenoxy) is 1. The zero-order valence-corrected chi connectivity index (χ0v) is 18.9. The lowest BCUT2D eigenvalue weighted by Crippen LogP contribution is -2.50. The topological polar surface area (TPSA) is 71.9 Å². The van der Waals surface area contributed by atoms with Crippen LogP contribution in [0, 0.1) is 0 Å². The number of hydrogen-bond donors (Lipinski definition) is 0. The fraction of sp³-hybridized carbons (Fsp3) is 0.259. The van der Waals surface area contributed by atoms with E-state index < -0.39 is 0 Å². The van der Waals surface area contributed by atoms with E-state index in [1.54, 1.807) is 24.5 Å². The Kier molecular flexibility index (Phi) is 6.84. The molecule has 2 aromatic heterocycles. The molecule has 0 spiro atoms. The van der Waals surface area contributed by atoms with Crippen LogP contribution in [0.4, 0.5) is 0 Å². The van der Waals surface area contributed by atoms with E-state index in [9.17, 15) is 4.79 Å². The Balaban J connectivity index is 1.14. The molecule has 0 unspecified atom stereocenters. The largest absolute Gasteiger partial charge is 0.461 e. The van der Waals surface area contributed by atoms with E-state index in [1.165, 1.54) is 11.1 Å². The number of furan rings is 1. The summed E-state index contributed by atoms with van der Waals surface area (Å²) in [6.07, 6.45) is 1.58. The molecule has 7 nitrogen and oxygen atoms in total. The van der Waals surface area contributed by atoms with Crippen LogP contribution < -0.4 is 0 Å². The number of piperazine rings is 1. The summed E-state index contributed by atoms with van der Waals surface area (Å²) in [7, 11) is 0. The molecule has 2 aromatic carbocycles. The van der Waals surface area contributed by atoms with E-state index in [2.05, 4.69) is 58.6 Å². The van der Waals surface area contributed by atoms with Crippen LogP contribution in [0.5, 0.6) is 0 Å². The van der Waals surface area contributed by atoms with Gasteiger partial charge >= 0.3 is 0 Å². The van der Waals surface area contributed by atoms with Crippen molar-refractivity contribution in [3.63, 3.8) is 0 Å². The molecule has 0 bridgehead atoms. The molecule has 1 fully saturated rings. The molecule has 0 atom stereocenters. The van der Waals surface area contributed by atoms with E-state index in [-0.39, 0.29) is 25.2 Å². The minimum atomic E-state index is -0.00891. The molecule has 1 aliphatic heterocycles. The second-order valence-electron chi connectivity index (χ2n) is 8.29. The Bertz CT molecular complexity index is 1130. The summed E-state index contributed by atoms with van der Waals surface area (Å²) in [5, 5.41) is 3.98. The molecule has 1 saturated heterocycles. The molecule has 0 aliphatic carbocycles. The minimum Gasteiger partial charge on any atom is -0.461 e. The van der Waals surface area contributed by atoms with Gasteiger partial charge in [0.15, 0.2) is 5.76 Å². The van der Waals surface area contributed by atoms with Crippen LogP contribution in [0.2, 0.25) is 0 Å². The van der Waals surface area contributed by atoms with Gasteiger partial charge in [-0.15, -0.1) is 0 Å². The first-order valence-electron chi connectivity index (χ1n) is 11.5. The van der Waals surface area contributed by atoms with E-state index >= 15 is 0 Å². The van der Waals surface area contributed by atoms with Crippen LogP contribution in [0.15, 0.2) is 94.1 Å². The fourth-order valence-corrected chi connectivity index (χ4v) is 4.36. The average molecular weight is 458 g/mol. The van der Waals surface area contributed by atoms with Crippen LogP contribution in [-0.4, -0.2) is 53.6 Å². The van der Waals surface area contributed by atoms with Crippen molar-refractivity contribution in [1.82, 2.24) is 15.0 Å². The molecule has 0 N–H and O–H groups in total. The third-order valence-corrected chi connectivity index (χ3v) is 6.06. The first kappa shape index (κ1) is 22.1. The Labute approximate surface area is 198 Å². The summed E-state index contributed by atoms with van der Waals surface area (Å²) in [6, 6.07) is 26.6. The van der Waals surface area contributed by atoms with Gasteiger partial charge in [0.25, 0.3) is 0 Å². The standard InChI is InChI=1S/C27H27N3O4/c31-26(20-32-19-23-18-25(34-28-23)24-12-7-17-33-24)29-13-15-30(16-14-29)27(21-8-3-1-4-9-21)22-10-5-2-6-11-22/h1-12,17-18,27H,13-16,19-20H2. The van der Waals surface area contributed by atoms with Gasteiger partial charge in [-0.1, -0.05) is 65.8 Å². The summed E-state index contributed by atoms with van der Waals surface area (Å²) in [4.78, 5) is 17.0. The Morgan fingerprint density at radius 3 is 2.18 bits per heavy atom. The van der Waals surface area contributed by atoms with Gasteiger partial charge in [-0.2, -0.15) is 0 Å². The zero-order valence-electron chi connectivity index (χ0n) is 18.9. The number of benzene rings is 2. The van der Waals surface area contributed by atoms with Crippen molar-refractivity contribution in [2.75, 3.05) is 32.8 Å². The molecule has 0 radical (unpaired) electrons. The van der Waals surface area contributed by atoms with Gasteiger partial charge in [-0.25, -0.2) is 0 Å². The van der Waals surface area contributed by atoms with Crippen molar-refractivity contribution >= 4 is 5.91 Å². The fourth-order valence-electron chi connectivity index (χ4n) is 4.36. The highest BCUT2D eigenvalue weighted by molar-refractivity contribution is 5.77. The second kappa shape index (κ2) is 10.5. The lowest BCUT2D eigenvalue weighted by Gasteiger charge is -2.39. The lowest BCUT2D eigenvalue weighted by atomic mass is 9.96. The first-order valence-corrected chi connectivity index (χ1v) is 11.5. The summed E-state index contributed by atoms with van der Waals surface area (Å²) >= 11 is 0. The number of nitrogens with zero attached hydrogens (tertiary/aromatic N) is 3. The quantitative estimate of drug-likeness (QED) is 0.391. The SMILES string of the molecule is O=C(COCc1cc(-c2ccco2)on1)N1CCN(C(c2ccccc2)c2ccccc2)CC1. The van der Waals surface area contributed by atoms with Crippen molar-refractivity contribution in [3.05, 3.63) is 102 Å². The highest BCUT2D eigenvalue weighted by atomic mass is 16.5. The molecule has 1 amide bonds. The van der Waals surface area contributed by atoms with Gasteiger partial charge in [-0.05, 0) is 23.3 Å². The van der Waals surface area contributed by atoms with Crippen LogP contribution in [0.1, 0.15) is 22.9 Å². The number of carbonyl (C=O) groups is 1. The van der Waals surface area contributed by atoms with E-state index in [0.717, 1.165) is 13.1 Å². The van der Waals surface area contributed by atoms with Crippen molar-refractivity contribution < 1.29 is 18.5 Å². The number of carbonyl (C=O) groups excluding carboxylic acids is 1. The Hall–Kier alpha value is -3.68. The average Bonchev–Trinajstić information content (AvgIpc) is 3.58. The van der Waals surface area contributed by atoms with Gasteiger partial charge in [0, 0.05) is 32.2 Å². The van der Waals surface area contributed by atoms with Gasteiger partial charge in [0.1, 0.15) is 12.3 Å². The highest BCUT2D eigenvalue weighted by Gasteiger charge is 2.28. The zero-order chi connectivity index (χ0) is 23.2. The number of aromatic nitrogens is 1. The maximum Gasteiger partial charge on any atom is 0.248 e.